The molecule has 0 saturated carbocycles. The van der Waals surface area contributed by atoms with Crippen molar-refractivity contribution in [1.82, 2.24) is 0 Å². The van der Waals surface area contributed by atoms with Gasteiger partial charge in [-0.25, -0.2) is 0 Å². The molecule has 0 aromatic carbocycles. The molecule has 0 aromatic heterocycles. The van der Waals surface area contributed by atoms with Crippen LogP contribution in [0.1, 0.15) is 6.92 Å². The lowest BCUT2D eigenvalue weighted by molar-refractivity contribution is -0.136. The third-order valence-electron chi connectivity index (χ3n) is 1.05. The first kappa shape index (κ1) is 11.4. The Balaban J connectivity index is 4.44. The van der Waals surface area contributed by atoms with E-state index < -0.39 is 13.6 Å². The van der Waals surface area contributed by atoms with Gasteiger partial charge in [-0.15, -0.1) is 0 Å². The second-order valence-corrected chi connectivity index (χ2v) is 4.07. The van der Waals surface area contributed by atoms with Crippen LogP contribution in [-0.4, -0.2) is 20.2 Å². The fourth-order valence-corrected chi connectivity index (χ4v) is 1.30. The number of carbonyl (C=O) groups is 1. The summed E-state index contributed by atoms with van der Waals surface area (Å²) in [5, 5.41) is 0. The number of ether oxygens (including phenoxy) is 1. The van der Waals surface area contributed by atoms with Crippen molar-refractivity contribution in [2.75, 3.05) is 14.2 Å². The van der Waals surface area contributed by atoms with Gasteiger partial charge in [-0.1, -0.05) is 0 Å². The number of hydrogen-bond acceptors (Lipinski definition) is 5. The molecule has 0 fully saturated rings. The van der Waals surface area contributed by atoms with E-state index in [0.717, 1.165) is 0 Å². The molecule has 0 amide bonds. The van der Waals surface area contributed by atoms with Gasteiger partial charge in [0.1, 0.15) is 0 Å². The van der Waals surface area contributed by atoms with Crippen LogP contribution >= 0.6 is 7.60 Å². The van der Waals surface area contributed by atoms with Crippen LogP contribution in [0.5, 0.6) is 0 Å². The maximum atomic E-state index is 11.4. The molecule has 0 rings (SSSR count). The third kappa shape index (κ3) is 2.77. The van der Waals surface area contributed by atoms with E-state index in [0.29, 0.717) is 0 Å². The van der Waals surface area contributed by atoms with E-state index in [1.807, 2.05) is 0 Å². The van der Waals surface area contributed by atoms with Gasteiger partial charge in [0.15, 0.2) is 0 Å². The molecule has 70 valence electrons. The lowest BCUT2D eigenvalue weighted by atomic mass is 10.8. The molecule has 0 radical (unpaired) electrons. The average molecular weight is 194 g/mol. The number of esters is 1. The summed E-state index contributed by atoms with van der Waals surface area (Å²) in [6.45, 7) is 4.42. The van der Waals surface area contributed by atoms with E-state index in [4.69, 9.17) is 0 Å². The molecule has 5 nitrogen and oxygen atoms in total. The van der Waals surface area contributed by atoms with Gasteiger partial charge in [-0.3, -0.25) is 9.36 Å². The summed E-state index contributed by atoms with van der Waals surface area (Å²) in [6, 6.07) is 0. The van der Waals surface area contributed by atoms with Gasteiger partial charge in [-0.05, 0) is 6.58 Å². The van der Waals surface area contributed by atoms with Crippen LogP contribution in [0.2, 0.25) is 0 Å². The van der Waals surface area contributed by atoms with Gasteiger partial charge in [0.2, 0.25) is 5.50 Å². The highest BCUT2D eigenvalue weighted by Crippen LogP contribution is 2.54. The topological polar surface area (TPSA) is 61.8 Å². The molecule has 0 saturated heterocycles. The highest BCUT2D eigenvalue weighted by atomic mass is 31.2. The summed E-state index contributed by atoms with van der Waals surface area (Å²) in [7, 11) is -1.10. The lowest BCUT2D eigenvalue weighted by Gasteiger charge is -2.14. The minimum atomic E-state index is -3.46. The summed E-state index contributed by atoms with van der Waals surface area (Å²) in [5.74, 6) is -0.616. The molecule has 0 bridgehead atoms. The van der Waals surface area contributed by atoms with Crippen LogP contribution in [0.4, 0.5) is 0 Å². The fraction of sp³-hybridized carbons (Fsp3) is 0.500. The predicted molar refractivity (Wildman–Crippen MR) is 42.5 cm³/mol. The Morgan fingerprint density at radius 3 is 2.00 bits per heavy atom. The van der Waals surface area contributed by atoms with E-state index in [2.05, 4.69) is 20.4 Å². The molecule has 12 heavy (non-hydrogen) atoms. The highest BCUT2D eigenvalue weighted by Gasteiger charge is 2.28. The Hall–Kier alpha value is -0.640. The van der Waals surface area contributed by atoms with Gasteiger partial charge in [-0.2, -0.15) is 0 Å². The van der Waals surface area contributed by atoms with Crippen LogP contribution in [-0.2, 0) is 23.1 Å². The summed E-state index contributed by atoms with van der Waals surface area (Å²) in [4.78, 5) is 10.4. The Bertz CT molecular complexity index is 226. The van der Waals surface area contributed by atoms with Gasteiger partial charge in [0.25, 0.3) is 0 Å². The van der Waals surface area contributed by atoms with E-state index in [1.165, 1.54) is 21.1 Å². The Morgan fingerprint density at radius 2 is 1.75 bits per heavy atom. The SMILES string of the molecule is C=C(OC(C)=O)P(=O)(OC)OC. The number of rotatable bonds is 4. The highest BCUT2D eigenvalue weighted by molar-refractivity contribution is 7.58. The smallest absolute Gasteiger partial charge is 0.395 e. The molecule has 6 heteroatoms. The first-order valence-electron chi connectivity index (χ1n) is 3.05. The first-order chi connectivity index (χ1) is 5.46. The van der Waals surface area contributed by atoms with Crippen LogP contribution in [0.3, 0.4) is 0 Å². The average Bonchev–Trinajstić information content (AvgIpc) is 2.02. The summed E-state index contributed by atoms with van der Waals surface area (Å²) in [6.07, 6.45) is 0. The van der Waals surface area contributed by atoms with Crippen molar-refractivity contribution in [2.45, 2.75) is 6.92 Å². The van der Waals surface area contributed by atoms with Gasteiger partial charge >= 0.3 is 13.6 Å². The van der Waals surface area contributed by atoms with E-state index in [1.54, 1.807) is 0 Å². The quantitative estimate of drug-likeness (QED) is 0.385. The zero-order valence-electron chi connectivity index (χ0n) is 7.20. The van der Waals surface area contributed by atoms with Gasteiger partial charge < -0.3 is 13.8 Å². The normalized spacial score (nSPS) is 10.9. The minimum absolute atomic E-state index is 0.306. The zero-order valence-corrected chi connectivity index (χ0v) is 8.09. The third-order valence-corrected chi connectivity index (χ3v) is 2.71. The molecule has 0 heterocycles. The summed E-state index contributed by atoms with van der Waals surface area (Å²) in [5.41, 5.74) is -0.306. The minimum Gasteiger partial charge on any atom is -0.419 e. The second kappa shape index (κ2) is 4.40. The monoisotopic (exact) mass is 194 g/mol. The lowest BCUT2D eigenvalue weighted by Crippen LogP contribution is -2.01. The predicted octanol–water partition coefficient (Wildman–Crippen LogP) is 1.51. The van der Waals surface area contributed by atoms with Crippen molar-refractivity contribution in [2.24, 2.45) is 0 Å². The molecular weight excluding hydrogens is 183 g/mol. The molecule has 0 aliphatic heterocycles. The molecule has 0 N–H and O–H groups in total. The molecule has 0 aliphatic rings. The summed E-state index contributed by atoms with van der Waals surface area (Å²) < 4.78 is 24.8. The fourth-order valence-electron chi connectivity index (χ4n) is 0.500. The van der Waals surface area contributed by atoms with Crippen molar-refractivity contribution < 1.29 is 23.1 Å². The van der Waals surface area contributed by atoms with E-state index in [9.17, 15) is 9.36 Å². The number of hydrogen-bond donors (Lipinski definition) is 0. The molecule has 0 atom stereocenters. The maximum absolute atomic E-state index is 11.4. The van der Waals surface area contributed by atoms with Crippen LogP contribution < -0.4 is 0 Å². The van der Waals surface area contributed by atoms with E-state index >= 15 is 0 Å². The Labute approximate surface area is 70.8 Å². The zero-order chi connectivity index (χ0) is 9.78. The van der Waals surface area contributed by atoms with Crippen molar-refractivity contribution >= 4 is 13.6 Å². The molecule has 0 aromatic rings. The van der Waals surface area contributed by atoms with Crippen molar-refractivity contribution in [3.05, 3.63) is 12.1 Å². The second-order valence-electron chi connectivity index (χ2n) is 1.85. The van der Waals surface area contributed by atoms with Crippen molar-refractivity contribution in [1.29, 1.82) is 0 Å². The molecule has 0 spiro atoms. The van der Waals surface area contributed by atoms with E-state index in [-0.39, 0.29) is 5.50 Å². The first-order valence-corrected chi connectivity index (χ1v) is 4.60. The van der Waals surface area contributed by atoms with Crippen LogP contribution in [0.25, 0.3) is 0 Å². The standard InChI is InChI=1S/C6H11O5P/c1-5(7)11-6(2)12(8,9-3)10-4/h2H2,1,3-4H3. The largest absolute Gasteiger partial charge is 0.419 e. The molecule has 0 unspecified atom stereocenters. The van der Waals surface area contributed by atoms with Crippen LogP contribution in [0, 0.1) is 0 Å². The number of carbonyl (C=O) groups excluding carboxylic acids is 1. The van der Waals surface area contributed by atoms with Gasteiger partial charge in [0, 0.05) is 21.1 Å². The Morgan fingerprint density at radius 1 is 1.33 bits per heavy atom. The van der Waals surface area contributed by atoms with Crippen molar-refractivity contribution in [3.63, 3.8) is 0 Å². The molecular formula is C6H11O5P. The van der Waals surface area contributed by atoms with Crippen LogP contribution in [0.15, 0.2) is 12.1 Å². The van der Waals surface area contributed by atoms with Crippen molar-refractivity contribution in [3.8, 4) is 0 Å². The van der Waals surface area contributed by atoms with Gasteiger partial charge in [0.05, 0.1) is 0 Å². The summed E-state index contributed by atoms with van der Waals surface area (Å²) >= 11 is 0. The molecule has 0 aliphatic carbocycles. The maximum Gasteiger partial charge on any atom is 0.395 e. The Kier molecular flexibility index (Phi) is 4.17.